The minimum Gasteiger partial charge on any atom is -0.477 e. The molecule has 0 saturated carbocycles. The monoisotopic (exact) mass is 247 g/mol. The maximum absolute atomic E-state index is 10.5. The summed E-state index contributed by atoms with van der Waals surface area (Å²) in [6.45, 7) is -0.139. The third-order valence-electron chi connectivity index (χ3n) is 1.27. The molecule has 0 amide bonds. The largest absolute Gasteiger partial charge is 0.477 e. The molecule has 13 heavy (non-hydrogen) atoms. The van der Waals surface area contributed by atoms with Crippen molar-refractivity contribution in [2.45, 2.75) is 6.61 Å². The third-order valence-corrected chi connectivity index (χ3v) is 1.73. The van der Waals surface area contributed by atoms with E-state index in [2.05, 4.69) is 25.8 Å². The highest BCUT2D eigenvalue weighted by atomic mass is 79.9. The van der Waals surface area contributed by atoms with E-state index in [9.17, 15) is 4.79 Å². The van der Waals surface area contributed by atoms with Crippen LogP contribution >= 0.6 is 15.9 Å². The van der Waals surface area contributed by atoms with Crippen LogP contribution in [0.3, 0.4) is 0 Å². The van der Waals surface area contributed by atoms with E-state index >= 15 is 0 Å². The Morgan fingerprint density at radius 2 is 2.31 bits per heavy atom. The van der Waals surface area contributed by atoms with E-state index in [1.165, 1.54) is 6.07 Å². The maximum Gasteiger partial charge on any atom is 0.354 e. The number of nitrogens with zero attached hydrogens (tertiary/aromatic N) is 1. The Hall–Kier alpha value is -0.980. The molecule has 0 aliphatic heterocycles. The van der Waals surface area contributed by atoms with Gasteiger partial charge in [0, 0.05) is 4.47 Å². The van der Waals surface area contributed by atoms with Crippen LogP contribution in [0.25, 0.3) is 0 Å². The number of carbonyl (C=O) groups is 1. The van der Waals surface area contributed by atoms with Crippen LogP contribution in [0.15, 0.2) is 16.6 Å². The number of rotatable bonds is 3. The molecule has 0 bridgehead atoms. The molecule has 1 heterocycles. The van der Waals surface area contributed by atoms with Gasteiger partial charge < -0.3 is 5.11 Å². The van der Waals surface area contributed by atoms with Crippen LogP contribution in [0.1, 0.15) is 16.2 Å². The van der Waals surface area contributed by atoms with E-state index in [0.717, 1.165) is 0 Å². The van der Waals surface area contributed by atoms with Gasteiger partial charge in [-0.05, 0) is 12.1 Å². The first-order valence-electron chi connectivity index (χ1n) is 3.29. The summed E-state index contributed by atoms with van der Waals surface area (Å²) in [6, 6.07) is 2.92. The minimum atomic E-state index is -1.12. The SMILES string of the molecule is O=C(O)c1cc(Br)cc(COO)n1. The Kier molecular flexibility index (Phi) is 3.35. The van der Waals surface area contributed by atoms with Crippen molar-refractivity contribution < 1.29 is 20.0 Å². The predicted octanol–water partition coefficient (Wildman–Crippen LogP) is 1.53. The third kappa shape index (κ3) is 2.76. The van der Waals surface area contributed by atoms with Crippen LogP contribution in [0.5, 0.6) is 0 Å². The van der Waals surface area contributed by atoms with E-state index in [1.54, 1.807) is 6.07 Å². The van der Waals surface area contributed by atoms with Gasteiger partial charge in [-0.3, -0.25) is 5.26 Å². The molecular formula is C7H6BrNO4. The van der Waals surface area contributed by atoms with Gasteiger partial charge >= 0.3 is 5.97 Å². The number of carboxylic acids is 1. The van der Waals surface area contributed by atoms with Gasteiger partial charge in [0.15, 0.2) is 0 Å². The summed E-state index contributed by atoms with van der Waals surface area (Å²) in [7, 11) is 0. The minimum absolute atomic E-state index is 0.0959. The fourth-order valence-electron chi connectivity index (χ4n) is 0.800. The Bertz CT molecular complexity index is 328. The van der Waals surface area contributed by atoms with Crippen molar-refractivity contribution >= 4 is 21.9 Å². The summed E-state index contributed by atoms with van der Waals surface area (Å²) in [6.07, 6.45) is 0. The van der Waals surface area contributed by atoms with E-state index in [0.29, 0.717) is 10.2 Å². The molecule has 0 aliphatic rings. The molecule has 0 saturated heterocycles. The van der Waals surface area contributed by atoms with Crippen molar-refractivity contribution in [1.29, 1.82) is 0 Å². The molecule has 1 rings (SSSR count). The Balaban J connectivity index is 3.03. The van der Waals surface area contributed by atoms with Crippen LogP contribution < -0.4 is 0 Å². The summed E-state index contributed by atoms with van der Waals surface area (Å²) in [5, 5.41) is 16.8. The first-order chi connectivity index (χ1) is 6.13. The summed E-state index contributed by atoms with van der Waals surface area (Å²) in [5.74, 6) is -1.12. The number of hydrogen-bond acceptors (Lipinski definition) is 4. The van der Waals surface area contributed by atoms with Crippen LogP contribution in [-0.4, -0.2) is 21.3 Å². The first-order valence-corrected chi connectivity index (χ1v) is 4.09. The van der Waals surface area contributed by atoms with Crippen LogP contribution in [0.2, 0.25) is 0 Å². The summed E-state index contributed by atoms with van der Waals surface area (Å²) in [5.41, 5.74) is 0.246. The van der Waals surface area contributed by atoms with Gasteiger partial charge in [0.25, 0.3) is 0 Å². The zero-order valence-electron chi connectivity index (χ0n) is 6.40. The average Bonchev–Trinajstić information content (AvgIpc) is 2.03. The second-order valence-corrected chi connectivity index (χ2v) is 3.16. The van der Waals surface area contributed by atoms with Crippen molar-refractivity contribution in [3.63, 3.8) is 0 Å². The zero-order chi connectivity index (χ0) is 9.84. The molecule has 1 aromatic rings. The van der Waals surface area contributed by atoms with Crippen molar-refractivity contribution in [2.24, 2.45) is 0 Å². The van der Waals surface area contributed by atoms with Crippen molar-refractivity contribution in [3.05, 3.63) is 28.0 Å². The topological polar surface area (TPSA) is 79.7 Å². The van der Waals surface area contributed by atoms with Crippen LogP contribution in [-0.2, 0) is 11.5 Å². The molecule has 0 aromatic carbocycles. The number of aromatic nitrogens is 1. The lowest BCUT2D eigenvalue weighted by molar-refractivity contribution is -0.253. The lowest BCUT2D eigenvalue weighted by Gasteiger charge is -2.00. The number of hydrogen-bond donors (Lipinski definition) is 2. The summed E-state index contributed by atoms with van der Waals surface area (Å²) < 4.78 is 0.576. The second kappa shape index (κ2) is 4.31. The van der Waals surface area contributed by atoms with Gasteiger partial charge in [-0.2, -0.15) is 0 Å². The van der Waals surface area contributed by atoms with Gasteiger partial charge in [0.1, 0.15) is 12.3 Å². The molecule has 0 aliphatic carbocycles. The van der Waals surface area contributed by atoms with Gasteiger partial charge in [0.2, 0.25) is 0 Å². The molecular weight excluding hydrogens is 242 g/mol. The fourth-order valence-corrected chi connectivity index (χ4v) is 1.28. The highest BCUT2D eigenvalue weighted by Gasteiger charge is 2.07. The normalized spacial score (nSPS) is 10.0. The average molecular weight is 248 g/mol. The molecule has 5 nitrogen and oxygen atoms in total. The van der Waals surface area contributed by atoms with Crippen molar-refractivity contribution in [3.8, 4) is 0 Å². The predicted molar refractivity (Wildman–Crippen MR) is 46.3 cm³/mol. The molecule has 2 N–H and O–H groups in total. The maximum atomic E-state index is 10.5. The number of carboxylic acid groups (broad SMARTS) is 1. The number of halogens is 1. The molecule has 6 heteroatoms. The van der Waals surface area contributed by atoms with Crippen molar-refractivity contribution in [1.82, 2.24) is 4.98 Å². The second-order valence-electron chi connectivity index (χ2n) is 2.24. The molecule has 70 valence electrons. The quantitative estimate of drug-likeness (QED) is 0.626. The summed E-state index contributed by atoms with van der Waals surface area (Å²) >= 11 is 3.11. The smallest absolute Gasteiger partial charge is 0.354 e. The van der Waals surface area contributed by atoms with E-state index in [4.69, 9.17) is 10.4 Å². The van der Waals surface area contributed by atoms with Gasteiger partial charge in [-0.15, -0.1) is 0 Å². The molecule has 0 radical (unpaired) electrons. The fraction of sp³-hybridized carbons (Fsp3) is 0.143. The highest BCUT2D eigenvalue weighted by Crippen LogP contribution is 2.13. The molecule has 0 fully saturated rings. The standard InChI is InChI=1S/C7H6BrNO4/c8-4-1-5(3-13-12)9-6(2-4)7(10)11/h1-2,12H,3H2,(H,10,11). The lowest BCUT2D eigenvalue weighted by Crippen LogP contribution is -2.03. The Morgan fingerprint density at radius 1 is 1.62 bits per heavy atom. The van der Waals surface area contributed by atoms with E-state index in [1.807, 2.05) is 0 Å². The van der Waals surface area contributed by atoms with Crippen LogP contribution in [0, 0.1) is 0 Å². The highest BCUT2D eigenvalue weighted by molar-refractivity contribution is 9.10. The van der Waals surface area contributed by atoms with Gasteiger partial charge in [-0.1, -0.05) is 15.9 Å². The molecule has 0 spiro atoms. The molecule has 1 aromatic heterocycles. The first kappa shape index (κ1) is 10.1. The Morgan fingerprint density at radius 3 is 2.85 bits per heavy atom. The number of pyridine rings is 1. The zero-order valence-corrected chi connectivity index (χ0v) is 7.98. The Labute approximate surface area is 82.0 Å². The van der Waals surface area contributed by atoms with Gasteiger partial charge in [0.05, 0.1) is 5.69 Å². The number of aromatic carboxylic acids is 1. The van der Waals surface area contributed by atoms with E-state index in [-0.39, 0.29) is 12.3 Å². The molecule has 0 unspecified atom stereocenters. The van der Waals surface area contributed by atoms with Crippen molar-refractivity contribution in [2.75, 3.05) is 0 Å². The van der Waals surface area contributed by atoms with Gasteiger partial charge in [-0.25, -0.2) is 14.7 Å². The lowest BCUT2D eigenvalue weighted by atomic mass is 10.3. The summed E-state index contributed by atoms with van der Waals surface area (Å²) in [4.78, 5) is 18.1. The van der Waals surface area contributed by atoms with E-state index < -0.39 is 5.97 Å². The molecule has 0 atom stereocenters. The van der Waals surface area contributed by atoms with Crippen LogP contribution in [0.4, 0.5) is 0 Å².